The van der Waals surface area contributed by atoms with Gasteiger partial charge in [-0.1, -0.05) is 109 Å². The van der Waals surface area contributed by atoms with E-state index in [0.29, 0.717) is 0 Å². The van der Waals surface area contributed by atoms with Crippen molar-refractivity contribution in [2.45, 2.75) is 33.4 Å². The van der Waals surface area contributed by atoms with Gasteiger partial charge in [-0.3, -0.25) is 0 Å². The van der Waals surface area contributed by atoms with E-state index in [0.717, 1.165) is 22.9 Å². The van der Waals surface area contributed by atoms with Gasteiger partial charge in [0.1, 0.15) is 22.9 Å². The van der Waals surface area contributed by atoms with E-state index in [1.807, 2.05) is 0 Å². The summed E-state index contributed by atoms with van der Waals surface area (Å²) in [7, 11) is 0. The maximum absolute atomic E-state index is 6.82. The van der Waals surface area contributed by atoms with Crippen molar-refractivity contribution in [2.75, 3.05) is 0 Å². The maximum Gasteiger partial charge on any atom is 0.469 e. The van der Waals surface area contributed by atoms with Gasteiger partial charge < -0.3 is 4.74 Å². The van der Waals surface area contributed by atoms with Gasteiger partial charge in [0.2, 0.25) is 11.4 Å². The maximum atomic E-state index is 6.82. The lowest BCUT2D eigenvalue weighted by molar-refractivity contribution is -1.02. The van der Waals surface area contributed by atoms with E-state index in [2.05, 4.69) is 192 Å². The minimum Gasteiger partial charge on any atom is -0.455 e. The first kappa shape index (κ1) is 29.3. The molecule has 0 saturated carbocycles. The lowest BCUT2D eigenvalue weighted by Crippen LogP contribution is -2.76. The van der Waals surface area contributed by atoms with Gasteiger partial charge in [-0.05, 0) is 93.0 Å². The van der Waals surface area contributed by atoms with Crippen LogP contribution in [0.25, 0.3) is 55.9 Å². The summed E-state index contributed by atoms with van der Waals surface area (Å²) < 4.78 is 16.8. The Morgan fingerprint density at radius 2 is 0.808 bits per heavy atom. The van der Waals surface area contributed by atoms with Crippen LogP contribution in [-0.4, -0.2) is 9.36 Å². The number of fused-ring (bicyclic) bond motifs is 4. The van der Waals surface area contributed by atoms with Crippen molar-refractivity contribution in [2.24, 2.45) is 0 Å². The number of hydrogen-bond donors (Lipinski definition) is 0. The molecule has 0 amide bonds. The average molecular weight is 673 g/mol. The molecule has 3 aliphatic rings. The fraction of sp³-hybridized carbons (Fsp3) is 0.106. The van der Waals surface area contributed by atoms with E-state index in [1.165, 1.54) is 78.4 Å². The lowest BCUT2D eigenvalue weighted by Gasteiger charge is -2.23. The first-order valence-corrected chi connectivity index (χ1v) is 18.0. The molecule has 3 aliphatic heterocycles. The van der Waals surface area contributed by atoms with Crippen molar-refractivity contribution in [3.63, 3.8) is 0 Å². The Morgan fingerprint density at radius 3 is 1.25 bits per heavy atom. The SMILES string of the molecule is Cc1c(-c2cccc(-c3ccccc3)c2)c(C)[n+]2n1-c1cccc3c1C21c2c(cccc2-n2c(C)c(-c4cccc(-c5ccccc5)c4)c(C)[n+]21)O3. The van der Waals surface area contributed by atoms with Crippen molar-refractivity contribution in [3.05, 3.63) is 179 Å². The summed E-state index contributed by atoms with van der Waals surface area (Å²) in [4.78, 5) is 0. The molecule has 0 bridgehead atoms. The molecule has 8 aromatic rings. The number of hydrogen-bond acceptors (Lipinski definition) is 1. The van der Waals surface area contributed by atoms with E-state index >= 15 is 0 Å². The van der Waals surface area contributed by atoms with Crippen molar-refractivity contribution in [1.29, 1.82) is 0 Å². The Hall–Kier alpha value is -6.46. The van der Waals surface area contributed by atoms with E-state index in [-0.39, 0.29) is 0 Å². The topological polar surface area (TPSA) is 26.8 Å². The summed E-state index contributed by atoms with van der Waals surface area (Å²) in [6.07, 6.45) is 0. The highest BCUT2D eigenvalue weighted by atomic mass is 16.5. The van der Waals surface area contributed by atoms with Gasteiger partial charge >= 0.3 is 5.66 Å². The predicted molar refractivity (Wildman–Crippen MR) is 204 cm³/mol. The van der Waals surface area contributed by atoms with Gasteiger partial charge in [-0.2, -0.15) is 0 Å². The largest absolute Gasteiger partial charge is 0.469 e. The smallest absolute Gasteiger partial charge is 0.455 e. The molecular weight excluding hydrogens is 637 g/mol. The zero-order valence-electron chi connectivity index (χ0n) is 29.6. The molecule has 6 aromatic carbocycles. The zero-order valence-corrected chi connectivity index (χ0v) is 29.6. The van der Waals surface area contributed by atoms with E-state index < -0.39 is 5.66 Å². The van der Waals surface area contributed by atoms with Crippen molar-refractivity contribution in [3.8, 4) is 67.4 Å². The Labute approximate surface area is 302 Å². The number of aromatic nitrogens is 4. The molecule has 52 heavy (non-hydrogen) atoms. The molecular formula is C47H36N4O+2. The van der Waals surface area contributed by atoms with Crippen LogP contribution in [0.1, 0.15) is 33.9 Å². The summed E-state index contributed by atoms with van der Waals surface area (Å²) >= 11 is 0. The van der Waals surface area contributed by atoms with Crippen molar-refractivity contribution in [1.82, 2.24) is 9.36 Å². The third-order valence-electron chi connectivity index (χ3n) is 11.6. The summed E-state index contributed by atoms with van der Waals surface area (Å²) in [5.41, 5.74) is 18.6. The third-order valence-corrected chi connectivity index (χ3v) is 11.6. The number of benzene rings is 6. The number of nitrogens with zero attached hydrogens (tertiary/aromatic N) is 4. The van der Waals surface area contributed by atoms with Crippen LogP contribution < -0.4 is 14.1 Å². The molecule has 1 spiro atoms. The fourth-order valence-electron chi connectivity index (χ4n) is 9.72. The Kier molecular flexibility index (Phi) is 5.80. The molecule has 0 radical (unpaired) electrons. The molecule has 0 fully saturated rings. The molecule has 248 valence electrons. The minimum atomic E-state index is -0.704. The molecule has 5 nitrogen and oxygen atoms in total. The highest BCUT2D eigenvalue weighted by Crippen LogP contribution is 2.56. The zero-order chi connectivity index (χ0) is 34.9. The van der Waals surface area contributed by atoms with Crippen LogP contribution in [0.5, 0.6) is 11.5 Å². The molecule has 0 atom stereocenters. The molecule has 0 unspecified atom stereocenters. The monoisotopic (exact) mass is 672 g/mol. The van der Waals surface area contributed by atoms with Crippen molar-refractivity contribution < 1.29 is 14.1 Å². The van der Waals surface area contributed by atoms with Crippen LogP contribution >= 0.6 is 0 Å². The number of rotatable bonds is 4. The Morgan fingerprint density at radius 1 is 0.423 bits per heavy atom. The van der Waals surface area contributed by atoms with E-state index in [4.69, 9.17) is 4.74 Å². The van der Waals surface area contributed by atoms with Gasteiger partial charge in [0.15, 0.2) is 11.1 Å². The fourth-order valence-corrected chi connectivity index (χ4v) is 9.72. The minimum absolute atomic E-state index is 0.704. The van der Waals surface area contributed by atoms with Crippen LogP contribution in [0, 0.1) is 27.7 Å². The normalized spacial score (nSPS) is 13.7. The van der Waals surface area contributed by atoms with Gasteiger partial charge in [-0.25, -0.2) is 0 Å². The second-order valence-corrected chi connectivity index (χ2v) is 14.3. The molecule has 2 aromatic heterocycles. The van der Waals surface area contributed by atoms with Gasteiger partial charge in [0, 0.05) is 13.8 Å². The second-order valence-electron chi connectivity index (χ2n) is 14.3. The van der Waals surface area contributed by atoms with Crippen LogP contribution in [0.2, 0.25) is 0 Å². The average Bonchev–Trinajstić information content (AvgIpc) is 3.85. The van der Waals surface area contributed by atoms with Crippen LogP contribution in [0.3, 0.4) is 0 Å². The van der Waals surface area contributed by atoms with Gasteiger partial charge in [-0.15, -0.1) is 9.36 Å². The summed E-state index contributed by atoms with van der Waals surface area (Å²) in [6, 6.07) is 52.4. The number of ether oxygens (including phenoxy) is 1. The van der Waals surface area contributed by atoms with Gasteiger partial charge in [0.25, 0.3) is 0 Å². The first-order chi connectivity index (χ1) is 25.5. The molecule has 0 saturated heterocycles. The summed E-state index contributed by atoms with van der Waals surface area (Å²) in [6.45, 7) is 9.13. The van der Waals surface area contributed by atoms with Crippen molar-refractivity contribution >= 4 is 0 Å². The summed E-state index contributed by atoms with van der Waals surface area (Å²) in [5, 5.41) is 0. The quantitative estimate of drug-likeness (QED) is 0.171. The first-order valence-electron chi connectivity index (χ1n) is 18.0. The molecule has 0 aliphatic carbocycles. The Balaban J connectivity index is 1.22. The van der Waals surface area contributed by atoms with Crippen LogP contribution in [-0.2, 0) is 5.66 Å². The molecule has 11 rings (SSSR count). The van der Waals surface area contributed by atoms with E-state index in [1.54, 1.807) is 0 Å². The predicted octanol–water partition coefficient (Wildman–Crippen LogP) is 9.77. The highest BCUT2D eigenvalue weighted by molar-refractivity contribution is 5.79. The van der Waals surface area contributed by atoms with Crippen LogP contribution in [0.4, 0.5) is 0 Å². The van der Waals surface area contributed by atoms with Gasteiger partial charge in [0.05, 0.1) is 22.5 Å². The highest BCUT2D eigenvalue weighted by Gasteiger charge is 2.75. The third kappa shape index (κ3) is 3.52. The molecule has 5 heteroatoms. The van der Waals surface area contributed by atoms with Crippen LogP contribution in [0.15, 0.2) is 146 Å². The standard InChI is InChI=1S/C47H36N4O/c1-29-43(37-21-11-19-35(27-37)33-15-7-5-8-16-33)31(3)50-47-45-39(48(29)50)23-13-25-41(45)52-42-26-14-24-40(46(42)47)49-30(2)44(32(4)51(47)49)38-22-12-20-36(28-38)34-17-9-6-10-18-34/h5-28H,1-4H3/q+2. The summed E-state index contributed by atoms with van der Waals surface area (Å²) in [5.74, 6) is 1.80. The lowest BCUT2D eigenvalue weighted by atomic mass is 9.86. The molecule has 5 heterocycles. The Bertz CT molecular complexity index is 2610. The van der Waals surface area contributed by atoms with E-state index in [9.17, 15) is 0 Å². The molecule has 0 N–H and O–H groups in total. The second kappa shape index (κ2) is 10.3.